The molecule has 2 atom stereocenters. The van der Waals surface area contributed by atoms with Crippen LogP contribution in [-0.2, 0) is 16.1 Å². The fourth-order valence-corrected chi connectivity index (χ4v) is 4.49. The molecule has 1 aliphatic rings. The van der Waals surface area contributed by atoms with Crippen molar-refractivity contribution in [3.63, 3.8) is 0 Å². The number of likely N-dealkylation sites (tertiary alicyclic amines) is 1. The summed E-state index contributed by atoms with van der Waals surface area (Å²) in [5, 5.41) is 6.94. The molecule has 1 N–H and O–H groups in total. The van der Waals surface area contributed by atoms with Crippen molar-refractivity contribution in [3.05, 3.63) is 96.8 Å². The van der Waals surface area contributed by atoms with Crippen molar-refractivity contribution in [1.29, 1.82) is 0 Å². The number of hydrogen-bond acceptors (Lipinski definition) is 6. The second-order valence-electron chi connectivity index (χ2n) is 8.93. The first-order valence-electron chi connectivity index (χ1n) is 12.1. The van der Waals surface area contributed by atoms with E-state index in [1.807, 2.05) is 24.3 Å². The molecule has 0 radical (unpaired) electrons. The number of carbonyl (C=O) groups is 2. The third kappa shape index (κ3) is 5.80. The van der Waals surface area contributed by atoms with E-state index in [9.17, 15) is 14.0 Å². The van der Waals surface area contributed by atoms with Gasteiger partial charge in [0.05, 0.1) is 7.11 Å². The molecule has 1 saturated heterocycles. The van der Waals surface area contributed by atoms with Crippen LogP contribution in [0.1, 0.15) is 17.9 Å². The second kappa shape index (κ2) is 11.1. The van der Waals surface area contributed by atoms with Crippen molar-refractivity contribution in [2.45, 2.75) is 24.9 Å². The molecule has 1 aliphatic heterocycles. The van der Waals surface area contributed by atoms with Gasteiger partial charge < -0.3 is 19.7 Å². The number of amides is 2. The fraction of sp³-hybridized carbons (Fsp3) is 0.214. The third-order valence-electron chi connectivity index (χ3n) is 6.45. The number of nitrogens with zero attached hydrogens (tertiary/aromatic N) is 4. The molecule has 1 fully saturated rings. The van der Waals surface area contributed by atoms with E-state index in [2.05, 4.69) is 15.4 Å². The molecule has 5 rings (SSSR count). The lowest BCUT2D eigenvalue weighted by molar-refractivity contribution is -0.137. The Kier molecular flexibility index (Phi) is 7.30. The molecule has 0 spiro atoms. The molecule has 194 valence electrons. The zero-order chi connectivity index (χ0) is 26.5. The normalized spacial score (nSPS) is 16.7. The van der Waals surface area contributed by atoms with Crippen molar-refractivity contribution < 1.29 is 23.5 Å². The van der Waals surface area contributed by atoms with Crippen molar-refractivity contribution in [3.8, 4) is 17.2 Å². The van der Waals surface area contributed by atoms with Gasteiger partial charge in [-0.1, -0.05) is 12.1 Å². The first-order valence-corrected chi connectivity index (χ1v) is 12.1. The standard InChI is InChI=1S/C28H26FN5O4/c1-37-23-8-2-19(3-9-23)20-14-26(34(15-20)27(35)16-33-18-30-17-31-33)28(36)32-22-6-12-25(13-7-22)38-24-10-4-21(29)5-11-24/h2-13,17-18,20,26H,14-16H2,1H3,(H,32,36)/t20?,26-/m0/s1. The van der Waals surface area contributed by atoms with Crippen LogP contribution in [0.2, 0.25) is 0 Å². The third-order valence-corrected chi connectivity index (χ3v) is 6.45. The van der Waals surface area contributed by atoms with Gasteiger partial charge in [0.15, 0.2) is 0 Å². The molecular formula is C28H26FN5O4. The average molecular weight is 516 g/mol. The number of anilines is 1. The molecule has 0 aliphatic carbocycles. The summed E-state index contributed by atoms with van der Waals surface area (Å²) in [7, 11) is 1.61. The molecule has 4 aromatic rings. The Balaban J connectivity index is 1.29. The van der Waals surface area contributed by atoms with Gasteiger partial charge in [0.1, 0.15) is 48.3 Å². The number of halogens is 1. The largest absolute Gasteiger partial charge is 0.497 e. The number of carbonyl (C=O) groups excluding carboxylic acids is 2. The van der Waals surface area contributed by atoms with E-state index in [0.29, 0.717) is 30.2 Å². The summed E-state index contributed by atoms with van der Waals surface area (Å²) >= 11 is 0. The van der Waals surface area contributed by atoms with E-state index in [1.165, 1.54) is 41.6 Å². The Morgan fingerprint density at radius 3 is 2.26 bits per heavy atom. The first kappa shape index (κ1) is 24.9. The van der Waals surface area contributed by atoms with Crippen LogP contribution in [0.5, 0.6) is 17.2 Å². The number of ether oxygens (including phenoxy) is 2. The Hall–Kier alpha value is -4.73. The van der Waals surface area contributed by atoms with E-state index >= 15 is 0 Å². The maximum absolute atomic E-state index is 13.4. The van der Waals surface area contributed by atoms with Gasteiger partial charge in [-0.15, -0.1) is 0 Å². The van der Waals surface area contributed by atoms with Crippen molar-refractivity contribution in [1.82, 2.24) is 19.7 Å². The number of hydrogen-bond donors (Lipinski definition) is 1. The Bertz CT molecular complexity index is 1380. The molecule has 10 heteroatoms. The highest BCUT2D eigenvalue weighted by Gasteiger charge is 2.40. The quantitative estimate of drug-likeness (QED) is 0.377. The molecule has 2 amide bonds. The van der Waals surface area contributed by atoms with Crippen LogP contribution < -0.4 is 14.8 Å². The highest BCUT2D eigenvalue weighted by atomic mass is 19.1. The summed E-state index contributed by atoms with van der Waals surface area (Å²) < 4.78 is 25.5. The van der Waals surface area contributed by atoms with E-state index < -0.39 is 6.04 Å². The lowest BCUT2D eigenvalue weighted by Crippen LogP contribution is -2.44. The minimum Gasteiger partial charge on any atom is -0.497 e. The average Bonchev–Trinajstić information content (AvgIpc) is 3.62. The van der Waals surface area contributed by atoms with Gasteiger partial charge >= 0.3 is 0 Å². The maximum atomic E-state index is 13.4. The molecule has 1 aromatic heterocycles. The summed E-state index contributed by atoms with van der Waals surface area (Å²) in [4.78, 5) is 32.1. The molecule has 38 heavy (non-hydrogen) atoms. The molecule has 9 nitrogen and oxygen atoms in total. The van der Waals surface area contributed by atoms with E-state index in [-0.39, 0.29) is 30.1 Å². The van der Waals surface area contributed by atoms with Gasteiger partial charge in [0, 0.05) is 18.2 Å². The van der Waals surface area contributed by atoms with Crippen LogP contribution >= 0.6 is 0 Å². The summed E-state index contributed by atoms with van der Waals surface area (Å²) in [5.41, 5.74) is 1.60. The van der Waals surface area contributed by atoms with Crippen LogP contribution in [0.15, 0.2) is 85.5 Å². The Labute approximate surface area is 218 Å². The van der Waals surface area contributed by atoms with Gasteiger partial charge in [0.2, 0.25) is 11.8 Å². The monoisotopic (exact) mass is 515 g/mol. The van der Waals surface area contributed by atoms with Crippen LogP contribution in [0.25, 0.3) is 0 Å². The van der Waals surface area contributed by atoms with Gasteiger partial charge in [-0.3, -0.25) is 9.59 Å². The smallest absolute Gasteiger partial charge is 0.247 e. The van der Waals surface area contributed by atoms with E-state index in [1.54, 1.807) is 36.3 Å². The molecular weight excluding hydrogens is 489 g/mol. The second-order valence-corrected chi connectivity index (χ2v) is 8.93. The van der Waals surface area contributed by atoms with Crippen LogP contribution in [-0.4, -0.2) is 51.2 Å². The number of nitrogens with one attached hydrogen (secondary N) is 1. The fourth-order valence-electron chi connectivity index (χ4n) is 4.49. The number of methoxy groups -OCH3 is 1. The van der Waals surface area contributed by atoms with Gasteiger partial charge in [-0.25, -0.2) is 14.1 Å². The van der Waals surface area contributed by atoms with E-state index in [0.717, 1.165) is 11.3 Å². The van der Waals surface area contributed by atoms with Gasteiger partial charge in [0.25, 0.3) is 0 Å². The zero-order valence-electron chi connectivity index (χ0n) is 20.7. The van der Waals surface area contributed by atoms with Gasteiger partial charge in [-0.2, -0.15) is 5.10 Å². The summed E-state index contributed by atoms with van der Waals surface area (Å²) in [5.74, 6) is 0.940. The predicted octanol–water partition coefficient (Wildman–Crippen LogP) is 4.24. The summed E-state index contributed by atoms with van der Waals surface area (Å²) in [6, 6.07) is 19.6. The summed E-state index contributed by atoms with van der Waals surface area (Å²) in [6.45, 7) is 0.400. The van der Waals surface area contributed by atoms with Crippen LogP contribution in [0.3, 0.4) is 0 Å². The zero-order valence-corrected chi connectivity index (χ0v) is 20.7. The Morgan fingerprint density at radius 1 is 0.974 bits per heavy atom. The van der Waals surface area contributed by atoms with Crippen LogP contribution in [0.4, 0.5) is 10.1 Å². The predicted molar refractivity (Wildman–Crippen MR) is 137 cm³/mol. The maximum Gasteiger partial charge on any atom is 0.247 e. The molecule has 1 unspecified atom stereocenters. The molecule has 0 saturated carbocycles. The van der Waals surface area contributed by atoms with Gasteiger partial charge in [-0.05, 0) is 72.6 Å². The van der Waals surface area contributed by atoms with Crippen molar-refractivity contribution in [2.24, 2.45) is 0 Å². The first-order chi connectivity index (χ1) is 18.5. The number of aromatic nitrogens is 3. The highest BCUT2D eigenvalue weighted by Crippen LogP contribution is 2.34. The lowest BCUT2D eigenvalue weighted by Gasteiger charge is -2.24. The minimum absolute atomic E-state index is 0.00542. The number of benzene rings is 3. The van der Waals surface area contributed by atoms with Crippen LogP contribution in [0, 0.1) is 5.82 Å². The van der Waals surface area contributed by atoms with E-state index in [4.69, 9.17) is 9.47 Å². The lowest BCUT2D eigenvalue weighted by atomic mass is 9.96. The van der Waals surface area contributed by atoms with Crippen molar-refractivity contribution in [2.75, 3.05) is 19.0 Å². The molecule has 0 bridgehead atoms. The highest BCUT2D eigenvalue weighted by molar-refractivity contribution is 5.97. The molecule has 3 aromatic carbocycles. The Morgan fingerprint density at radius 2 is 1.63 bits per heavy atom. The topological polar surface area (TPSA) is 98.6 Å². The molecule has 2 heterocycles. The summed E-state index contributed by atoms with van der Waals surface area (Å²) in [6.07, 6.45) is 3.32. The SMILES string of the molecule is COc1ccc(C2C[C@@H](C(=O)Nc3ccc(Oc4ccc(F)cc4)cc3)N(C(=O)Cn3cncn3)C2)cc1. The minimum atomic E-state index is -0.659. The number of rotatable bonds is 8. The van der Waals surface area contributed by atoms with Crippen molar-refractivity contribution >= 4 is 17.5 Å².